The first kappa shape index (κ1) is 19.3. The largest absolute Gasteiger partial charge is 0.382 e. The summed E-state index contributed by atoms with van der Waals surface area (Å²) in [6.07, 6.45) is 1.48. The monoisotopic (exact) mass is 436 g/mol. The van der Waals surface area contributed by atoms with Crippen LogP contribution in [0.2, 0.25) is 5.02 Å². The van der Waals surface area contributed by atoms with E-state index < -0.39 is 17.6 Å². The molecule has 9 heteroatoms. The van der Waals surface area contributed by atoms with Crippen LogP contribution >= 0.6 is 11.6 Å². The van der Waals surface area contributed by atoms with Gasteiger partial charge in [0.15, 0.2) is 11.5 Å². The van der Waals surface area contributed by atoms with Gasteiger partial charge in [0.1, 0.15) is 28.5 Å². The smallest absolute Gasteiger partial charge is 0.183 e. The number of para-hydroxylation sites is 1. The van der Waals surface area contributed by atoms with Gasteiger partial charge in [0.25, 0.3) is 0 Å². The van der Waals surface area contributed by atoms with Crippen LogP contribution in [0.5, 0.6) is 0 Å². The van der Waals surface area contributed by atoms with E-state index in [0.29, 0.717) is 33.0 Å². The van der Waals surface area contributed by atoms with Crippen LogP contribution in [0.3, 0.4) is 0 Å². The number of imidazole rings is 1. The number of aromatic nitrogens is 5. The molecule has 6 nitrogen and oxygen atoms in total. The van der Waals surface area contributed by atoms with E-state index in [2.05, 4.69) is 24.9 Å². The van der Waals surface area contributed by atoms with E-state index in [9.17, 15) is 8.78 Å². The van der Waals surface area contributed by atoms with Crippen LogP contribution in [-0.2, 0) is 0 Å². The molecule has 0 aliphatic heterocycles. The molecular weight excluding hydrogens is 422 g/mol. The van der Waals surface area contributed by atoms with Crippen molar-refractivity contribution in [2.24, 2.45) is 0 Å². The molecule has 31 heavy (non-hydrogen) atoms. The molecule has 0 saturated carbocycles. The maximum absolute atomic E-state index is 14.8. The molecule has 2 aromatic carbocycles. The minimum Gasteiger partial charge on any atom is -0.382 e. The quantitative estimate of drug-likeness (QED) is 0.403. The number of aromatic amines is 1. The predicted octanol–water partition coefficient (Wildman–Crippen LogP) is 5.23. The highest BCUT2D eigenvalue weighted by Gasteiger charge is 2.23. The van der Waals surface area contributed by atoms with Gasteiger partial charge in [-0.15, -0.1) is 0 Å². The molecule has 3 heterocycles. The van der Waals surface area contributed by atoms with Gasteiger partial charge in [-0.3, -0.25) is 0 Å². The Bertz CT molecular complexity index is 1470. The number of halogens is 3. The molecule has 0 saturated heterocycles. The first-order valence-corrected chi connectivity index (χ1v) is 9.81. The average Bonchev–Trinajstić information content (AvgIpc) is 3.24. The summed E-state index contributed by atoms with van der Waals surface area (Å²) in [5.74, 6) is -0.835. The number of benzene rings is 2. The summed E-state index contributed by atoms with van der Waals surface area (Å²) in [4.78, 5) is 20.4. The fourth-order valence-corrected chi connectivity index (χ4v) is 3.78. The maximum atomic E-state index is 14.8. The number of nitrogens with one attached hydrogen (secondary N) is 1. The normalized spacial score (nSPS) is 12.5. The fraction of sp³-hybridized carbons (Fsp3) is 0.0909. The lowest BCUT2D eigenvalue weighted by atomic mass is 9.93. The molecule has 0 amide bonds. The molecular formula is C22H15ClF2N6. The Kier molecular flexibility index (Phi) is 4.51. The van der Waals surface area contributed by atoms with Crippen LogP contribution < -0.4 is 5.73 Å². The Morgan fingerprint density at radius 1 is 1.03 bits per heavy atom. The van der Waals surface area contributed by atoms with E-state index in [4.69, 9.17) is 17.3 Å². The van der Waals surface area contributed by atoms with Gasteiger partial charge in [0.05, 0.1) is 12.0 Å². The minimum absolute atomic E-state index is 0.135. The minimum atomic E-state index is -0.524. The van der Waals surface area contributed by atoms with Crippen molar-refractivity contribution >= 4 is 39.5 Å². The Hall–Kier alpha value is -3.65. The number of hydrogen-bond acceptors (Lipinski definition) is 5. The number of hydrogen-bond donors (Lipinski definition) is 2. The van der Waals surface area contributed by atoms with Gasteiger partial charge in [-0.05, 0) is 35.9 Å². The second-order valence-corrected chi connectivity index (χ2v) is 7.59. The molecule has 154 valence electrons. The first-order chi connectivity index (χ1) is 14.9. The molecule has 5 aromatic rings. The van der Waals surface area contributed by atoms with Gasteiger partial charge < -0.3 is 10.7 Å². The number of fused-ring (bicyclic) bond motifs is 2. The molecule has 0 spiro atoms. The van der Waals surface area contributed by atoms with Crippen molar-refractivity contribution in [1.82, 2.24) is 24.9 Å². The van der Waals surface area contributed by atoms with Gasteiger partial charge in [0.2, 0.25) is 0 Å². The summed E-state index contributed by atoms with van der Waals surface area (Å²) >= 11 is 6.12. The molecule has 0 radical (unpaired) electrons. The Morgan fingerprint density at radius 2 is 1.87 bits per heavy atom. The lowest BCUT2D eigenvalue weighted by molar-refractivity contribution is 0.629. The summed E-state index contributed by atoms with van der Waals surface area (Å²) in [7, 11) is 0. The third kappa shape index (κ3) is 3.25. The van der Waals surface area contributed by atoms with Crippen LogP contribution in [0, 0.1) is 11.6 Å². The van der Waals surface area contributed by atoms with Crippen LogP contribution in [0.1, 0.15) is 24.2 Å². The summed E-state index contributed by atoms with van der Waals surface area (Å²) < 4.78 is 29.2. The van der Waals surface area contributed by atoms with E-state index in [1.165, 1.54) is 30.6 Å². The highest BCUT2D eigenvalue weighted by molar-refractivity contribution is 6.30. The second kappa shape index (κ2) is 7.24. The SMILES string of the molecule is C[C@H](c1nc(N)c2[nH]cnc2n1)c1cc2cccc(F)c2nc1-c1cc(Cl)ccc1F. The van der Waals surface area contributed by atoms with Crippen molar-refractivity contribution in [3.05, 3.63) is 76.8 Å². The Morgan fingerprint density at radius 3 is 2.71 bits per heavy atom. The zero-order valence-corrected chi connectivity index (χ0v) is 17.0. The summed E-state index contributed by atoms with van der Waals surface area (Å²) in [5.41, 5.74) is 8.17. The first-order valence-electron chi connectivity index (χ1n) is 9.43. The lowest BCUT2D eigenvalue weighted by Gasteiger charge is -2.17. The second-order valence-electron chi connectivity index (χ2n) is 7.15. The van der Waals surface area contributed by atoms with E-state index in [-0.39, 0.29) is 22.6 Å². The molecule has 0 unspecified atom stereocenters. The number of anilines is 1. The summed E-state index contributed by atoms with van der Waals surface area (Å²) in [6, 6.07) is 10.6. The van der Waals surface area contributed by atoms with Gasteiger partial charge in [0, 0.05) is 21.9 Å². The van der Waals surface area contributed by atoms with E-state index >= 15 is 0 Å². The van der Waals surface area contributed by atoms with Crippen LogP contribution in [0.15, 0.2) is 48.8 Å². The zero-order chi connectivity index (χ0) is 21.7. The van der Waals surface area contributed by atoms with Crippen LogP contribution in [-0.4, -0.2) is 24.9 Å². The number of nitrogens with zero attached hydrogens (tertiary/aromatic N) is 4. The average molecular weight is 437 g/mol. The summed E-state index contributed by atoms with van der Waals surface area (Å²) in [6.45, 7) is 1.85. The molecule has 1 atom stereocenters. The number of rotatable bonds is 3. The van der Waals surface area contributed by atoms with Crippen molar-refractivity contribution in [3.63, 3.8) is 0 Å². The Labute approximate surface area is 180 Å². The lowest BCUT2D eigenvalue weighted by Crippen LogP contribution is -2.08. The standard InChI is InChI=1S/C22H15ClF2N6/c1-10(21-30-20(26)19-22(31-21)28-9-27-19)13-7-11-3-2-4-16(25)17(11)29-18(13)14-8-12(23)5-6-15(14)24/h2-10H,1H3,(H3,26,27,28,30,31)/t10-/m0/s1. The predicted molar refractivity (Wildman–Crippen MR) is 116 cm³/mol. The van der Waals surface area contributed by atoms with Crippen molar-refractivity contribution in [2.75, 3.05) is 5.73 Å². The fourth-order valence-electron chi connectivity index (χ4n) is 3.61. The number of nitrogen functional groups attached to an aromatic ring is 1. The van der Waals surface area contributed by atoms with E-state index in [1.807, 2.05) is 6.92 Å². The third-order valence-corrected chi connectivity index (χ3v) is 5.43. The molecule has 5 rings (SSSR count). The highest BCUT2D eigenvalue weighted by Crippen LogP contribution is 2.36. The Balaban J connectivity index is 1.79. The number of pyridine rings is 1. The maximum Gasteiger partial charge on any atom is 0.183 e. The van der Waals surface area contributed by atoms with Gasteiger partial charge in [-0.1, -0.05) is 30.7 Å². The van der Waals surface area contributed by atoms with Crippen molar-refractivity contribution < 1.29 is 8.78 Å². The van der Waals surface area contributed by atoms with Crippen molar-refractivity contribution in [1.29, 1.82) is 0 Å². The molecule has 0 aliphatic carbocycles. The van der Waals surface area contributed by atoms with Crippen LogP contribution in [0.25, 0.3) is 33.3 Å². The topological polar surface area (TPSA) is 93.4 Å². The number of H-pyrrole nitrogens is 1. The van der Waals surface area contributed by atoms with Crippen LogP contribution in [0.4, 0.5) is 14.6 Å². The zero-order valence-electron chi connectivity index (χ0n) is 16.2. The van der Waals surface area contributed by atoms with Gasteiger partial charge in [-0.2, -0.15) is 0 Å². The molecule has 3 aromatic heterocycles. The molecule has 0 aliphatic rings. The van der Waals surface area contributed by atoms with Gasteiger partial charge in [-0.25, -0.2) is 28.7 Å². The molecule has 3 N–H and O–H groups in total. The van der Waals surface area contributed by atoms with Crippen molar-refractivity contribution in [3.8, 4) is 11.3 Å². The number of nitrogens with two attached hydrogens (primary N) is 1. The summed E-state index contributed by atoms with van der Waals surface area (Å²) in [5, 5.41) is 0.908. The molecule has 0 fully saturated rings. The van der Waals surface area contributed by atoms with E-state index in [1.54, 1.807) is 18.2 Å². The third-order valence-electron chi connectivity index (χ3n) is 5.19. The highest BCUT2D eigenvalue weighted by atomic mass is 35.5. The molecule has 0 bridgehead atoms. The van der Waals surface area contributed by atoms with Crippen molar-refractivity contribution in [2.45, 2.75) is 12.8 Å². The van der Waals surface area contributed by atoms with E-state index in [0.717, 1.165) is 0 Å². The van der Waals surface area contributed by atoms with Gasteiger partial charge >= 0.3 is 0 Å².